The molecule has 0 saturated carbocycles. The minimum absolute atomic E-state index is 0.0541. The highest BCUT2D eigenvalue weighted by Crippen LogP contribution is 2.24. The van der Waals surface area contributed by atoms with Crippen LogP contribution in [0, 0.1) is 0 Å². The van der Waals surface area contributed by atoms with Gasteiger partial charge >= 0.3 is 0 Å². The van der Waals surface area contributed by atoms with E-state index in [9.17, 15) is 9.90 Å². The number of rotatable bonds is 4. The van der Waals surface area contributed by atoms with Crippen LogP contribution in [-0.2, 0) is 0 Å². The van der Waals surface area contributed by atoms with Gasteiger partial charge in [-0.05, 0) is 37.3 Å². The predicted octanol–water partition coefficient (Wildman–Crippen LogP) is 3.70. The van der Waals surface area contributed by atoms with E-state index in [-0.39, 0.29) is 16.7 Å². The van der Waals surface area contributed by atoms with Crippen LogP contribution >= 0.6 is 11.6 Å². The SMILES string of the molecule is CCOc1cccc(NC(=O)c2ccc(O)c(Cl)c2)c1. The largest absolute Gasteiger partial charge is 0.506 e. The van der Waals surface area contributed by atoms with E-state index in [4.69, 9.17) is 16.3 Å². The maximum Gasteiger partial charge on any atom is 0.255 e. The Morgan fingerprint density at radius 1 is 1.30 bits per heavy atom. The number of carbonyl (C=O) groups is 1. The van der Waals surface area contributed by atoms with E-state index < -0.39 is 0 Å². The van der Waals surface area contributed by atoms with Crippen molar-refractivity contribution in [3.05, 3.63) is 53.1 Å². The quantitative estimate of drug-likeness (QED) is 0.903. The number of benzene rings is 2. The van der Waals surface area contributed by atoms with Crippen LogP contribution in [0.15, 0.2) is 42.5 Å². The fourth-order valence-electron chi connectivity index (χ4n) is 1.68. The molecule has 104 valence electrons. The molecule has 0 saturated heterocycles. The molecule has 0 atom stereocenters. The number of phenols is 1. The van der Waals surface area contributed by atoms with Crippen molar-refractivity contribution in [2.24, 2.45) is 0 Å². The summed E-state index contributed by atoms with van der Waals surface area (Å²) in [5.74, 6) is 0.330. The maximum atomic E-state index is 12.1. The summed E-state index contributed by atoms with van der Waals surface area (Å²) in [7, 11) is 0. The third-order valence-corrected chi connectivity index (χ3v) is 2.92. The third-order valence-electron chi connectivity index (χ3n) is 2.61. The molecule has 4 nitrogen and oxygen atoms in total. The van der Waals surface area contributed by atoms with Crippen LogP contribution in [0.1, 0.15) is 17.3 Å². The standard InChI is InChI=1S/C15H14ClNO3/c1-2-20-12-5-3-4-11(9-12)17-15(19)10-6-7-14(18)13(16)8-10/h3-9,18H,2H2,1H3,(H,17,19). The highest BCUT2D eigenvalue weighted by molar-refractivity contribution is 6.32. The van der Waals surface area contributed by atoms with Crippen LogP contribution in [0.2, 0.25) is 5.02 Å². The van der Waals surface area contributed by atoms with Crippen molar-refractivity contribution in [1.29, 1.82) is 0 Å². The normalized spacial score (nSPS) is 10.1. The Morgan fingerprint density at radius 2 is 2.10 bits per heavy atom. The Kier molecular flexibility index (Phi) is 4.48. The minimum atomic E-state index is -0.305. The molecule has 20 heavy (non-hydrogen) atoms. The molecule has 0 fully saturated rings. The van der Waals surface area contributed by atoms with Crippen molar-refractivity contribution in [2.75, 3.05) is 11.9 Å². The van der Waals surface area contributed by atoms with Crippen LogP contribution in [0.3, 0.4) is 0 Å². The molecule has 0 aliphatic heterocycles. The fourth-order valence-corrected chi connectivity index (χ4v) is 1.86. The van der Waals surface area contributed by atoms with E-state index in [2.05, 4.69) is 5.32 Å². The second-order valence-corrected chi connectivity index (χ2v) is 4.49. The molecule has 0 aliphatic rings. The Bertz CT molecular complexity index is 628. The van der Waals surface area contributed by atoms with Crippen molar-refractivity contribution in [3.8, 4) is 11.5 Å². The molecule has 0 radical (unpaired) electrons. The number of halogens is 1. The van der Waals surface area contributed by atoms with E-state index in [1.54, 1.807) is 18.2 Å². The molecule has 0 aromatic heterocycles. The number of phenolic OH excluding ortho intramolecular Hbond substituents is 1. The second kappa shape index (κ2) is 6.30. The second-order valence-electron chi connectivity index (χ2n) is 4.08. The van der Waals surface area contributed by atoms with Crippen LogP contribution in [-0.4, -0.2) is 17.6 Å². The van der Waals surface area contributed by atoms with Gasteiger partial charge in [-0.1, -0.05) is 17.7 Å². The van der Waals surface area contributed by atoms with Gasteiger partial charge in [0.15, 0.2) is 0 Å². The van der Waals surface area contributed by atoms with Gasteiger partial charge in [0, 0.05) is 17.3 Å². The molecule has 0 unspecified atom stereocenters. The van der Waals surface area contributed by atoms with Gasteiger partial charge in [0.2, 0.25) is 0 Å². The minimum Gasteiger partial charge on any atom is -0.506 e. The van der Waals surface area contributed by atoms with Gasteiger partial charge in [-0.25, -0.2) is 0 Å². The zero-order valence-corrected chi connectivity index (χ0v) is 11.6. The van der Waals surface area contributed by atoms with Crippen LogP contribution in [0.25, 0.3) is 0 Å². The summed E-state index contributed by atoms with van der Waals surface area (Å²) in [6.45, 7) is 2.45. The average Bonchev–Trinajstić information content (AvgIpc) is 2.42. The molecular formula is C15H14ClNO3. The molecule has 0 bridgehead atoms. The molecule has 0 heterocycles. The molecule has 2 aromatic rings. The number of anilines is 1. The lowest BCUT2D eigenvalue weighted by atomic mass is 10.2. The summed E-state index contributed by atoms with van der Waals surface area (Å²) >= 11 is 5.78. The highest BCUT2D eigenvalue weighted by atomic mass is 35.5. The van der Waals surface area contributed by atoms with Gasteiger partial charge in [0.1, 0.15) is 11.5 Å². The average molecular weight is 292 g/mol. The lowest BCUT2D eigenvalue weighted by Crippen LogP contribution is -2.11. The van der Waals surface area contributed by atoms with Crippen molar-refractivity contribution >= 4 is 23.2 Å². The number of ether oxygens (including phenoxy) is 1. The summed E-state index contributed by atoms with van der Waals surface area (Å²) in [5.41, 5.74) is 1.000. The molecular weight excluding hydrogens is 278 g/mol. The molecule has 2 N–H and O–H groups in total. The number of hydrogen-bond donors (Lipinski definition) is 2. The number of nitrogens with one attached hydrogen (secondary N) is 1. The summed E-state index contributed by atoms with van der Waals surface area (Å²) in [5, 5.41) is 12.2. The Morgan fingerprint density at radius 3 is 2.80 bits per heavy atom. The van der Waals surface area contributed by atoms with E-state index in [0.29, 0.717) is 23.6 Å². The Labute approximate surface area is 122 Å². The van der Waals surface area contributed by atoms with Gasteiger partial charge in [0.05, 0.1) is 11.6 Å². The molecule has 2 aromatic carbocycles. The first kappa shape index (κ1) is 14.2. The van der Waals surface area contributed by atoms with Gasteiger partial charge in [-0.2, -0.15) is 0 Å². The zero-order valence-electron chi connectivity index (χ0n) is 10.9. The summed E-state index contributed by atoms with van der Waals surface area (Å²) in [6, 6.07) is 11.4. The molecule has 0 spiro atoms. The van der Waals surface area contributed by atoms with Gasteiger partial charge < -0.3 is 15.2 Å². The first-order valence-corrected chi connectivity index (χ1v) is 6.50. The van der Waals surface area contributed by atoms with Gasteiger partial charge in [-0.15, -0.1) is 0 Å². The first-order chi connectivity index (χ1) is 9.60. The smallest absolute Gasteiger partial charge is 0.255 e. The molecule has 2 rings (SSSR count). The number of carbonyl (C=O) groups excluding carboxylic acids is 1. The van der Waals surface area contributed by atoms with E-state index in [1.165, 1.54) is 18.2 Å². The van der Waals surface area contributed by atoms with Gasteiger partial charge in [0.25, 0.3) is 5.91 Å². The van der Waals surface area contributed by atoms with E-state index >= 15 is 0 Å². The predicted molar refractivity (Wildman–Crippen MR) is 78.7 cm³/mol. The monoisotopic (exact) mass is 291 g/mol. The first-order valence-electron chi connectivity index (χ1n) is 6.13. The highest BCUT2D eigenvalue weighted by Gasteiger charge is 2.09. The zero-order chi connectivity index (χ0) is 14.5. The Balaban J connectivity index is 2.14. The number of hydrogen-bond acceptors (Lipinski definition) is 3. The van der Waals surface area contributed by atoms with Gasteiger partial charge in [-0.3, -0.25) is 4.79 Å². The third kappa shape index (κ3) is 3.42. The van der Waals surface area contributed by atoms with Crippen LogP contribution in [0.4, 0.5) is 5.69 Å². The lowest BCUT2D eigenvalue weighted by Gasteiger charge is -2.08. The van der Waals surface area contributed by atoms with Crippen LogP contribution in [0.5, 0.6) is 11.5 Å². The summed E-state index contributed by atoms with van der Waals surface area (Å²) in [6.07, 6.45) is 0. The number of aromatic hydroxyl groups is 1. The van der Waals surface area contributed by atoms with Crippen molar-refractivity contribution in [1.82, 2.24) is 0 Å². The fraction of sp³-hybridized carbons (Fsp3) is 0.133. The van der Waals surface area contributed by atoms with E-state index in [1.807, 2.05) is 13.0 Å². The topological polar surface area (TPSA) is 58.6 Å². The summed E-state index contributed by atoms with van der Waals surface area (Å²) < 4.78 is 5.36. The Hall–Kier alpha value is -2.20. The van der Waals surface area contributed by atoms with Crippen molar-refractivity contribution < 1.29 is 14.6 Å². The molecule has 1 amide bonds. The summed E-state index contributed by atoms with van der Waals surface area (Å²) in [4.78, 5) is 12.1. The maximum absolute atomic E-state index is 12.1. The van der Waals surface area contributed by atoms with Crippen molar-refractivity contribution in [3.63, 3.8) is 0 Å². The lowest BCUT2D eigenvalue weighted by molar-refractivity contribution is 0.102. The van der Waals surface area contributed by atoms with E-state index in [0.717, 1.165) is 0 Å². The number of amides is 1. The van der Waals surface area contributed by atoms with Crippen LogP contribution < -0.4 is 10.1 Å². The van der Waals surface area contributed by atoms with Crippen molar-refractivity contribution in [2.45, 2.75) is 6.92 Å². The molecule has 0 aliphatic carbocycles. The molecule has 5 heteroatoms.